The second kappa shape index (κ2) is 9.75. The number of carbonyl (C=O) groups excluding carboxylic acids is 1. The van der Waals surface area contributed by atoms with Crippen molar-refractivity contribution in [3.05, 3.63) is 65.7 Å². The fourth-order valence-corrected chi connectivity index (χ4v) is 3.70. The summed E-state index contributed by atoms with van der Waals surface area (Å²) in [6.45, 7) is 6.46. The number of anilines is 1. The highest BCUT2D eigenvalue weighted by atomic mass is 16.4. The van der Waals surface area contributed by atoms with Crippen molar-refractivity contribution in [2.24, 2.45) is 0 Å². The van der Waals surface area contributed by atoms with E-state index in [0.717, 1.165) is 49.5 Å². The number of pyridine rings is 1. The van der Waals surface area contributed by atoms with E-state index in [2.05, 4.69) is 32.1 Å². The molecule has 1 aliphatic rings. The molecule has 7 nitrogen and oxygen atoms in total. The van der Waals surface area contributed by atoms with E-state index in [1.807, 2.05) is 55.6 Å². The minimum atomic E-state index is -0.0874. The van der Waals surface area contributed by atoms with E-state index in [0.29, 0.717) is 23.9 Å². The van der Waals surface area contributed by atoms with Crippen LogP contribution in [0.25, 0.3) is 11.5 Å². The van der Waals surface area contributed by atoms with Crippen LogP contribution in [0.4, 0.5) is 5.82 Å². The Morgan fingerprint density at radius 1 is 1.10 bits per heavy atom. The Morgan fingerprint density at radius 3 is 2.71 bits per heavy atom. The molecule has 7 heteroatoms. The van der Waals surface area contributed by atoms with Crippen LogP contribution in [-0.4, -0.2) is 54.0 Å². The lowest BCUT2D eigenvalue weighted by Gasteiger charge is -2.21. The molecule has 1 saturated heterocycles. The number of oxazole rings is 1. The maximum atomic E-state index is 12.4. The molecule has 1 fully saturated rings. The van der Waals surface area contributed by atoms with Gasteiger partial charge in [-0.1, -0.05) is 24.3 Å². The van der Waals surface area contributed by atoms with Crippen LogP contribution < -0.4 is 10.2 Å². The molecule has 0 radical (unpaired) electrons. The van der Waals surface area contributed by atoms with Gasteiger partial charge in [0.15, 0.2) is 0 Å². The Kier molecular flexibility index (Phi) is 6.62. The first-order valence-corrected chi connectivity index (χ1v) is 10.8. The largest absolute Gasteiger partial charge is 0.441 e. The van der Waals surface area contributed by atoms with E-state index in [9.17, 15) is 4.79 Å². The van der Waals surface area contributed by atoms with Gasteiger partial charge in [-0.15, -0.1) is 0 Å². The number of aryl methyl sites for hydroxylation is 1. The first-order valence-electron chi connectivity index (χ1n) is 10.8. The highest BCUT2D eigenvalue weighted by Crippen LogP contribution is 2.21. The maximum Gasteiger partial charge on any atom is 0.226 e. The molecule has 1 aromatic carbocycles. The summed E-state index contributed by atoms with van der Waals surface area (Å²) < 4.78 is 5.74. The van der Waals surface area contributed by atoms with Crippen molar-refractivity contribution in [2.75, 3.05) is 38.1 Å². The molecule has 0 spiro atoms. The smallest absolute Gasteiger partial charge is 0.226 e. The molecule has 0 aliphatic carbocycles. The zero-order valence-electron chi connectivity index (χ0n) is 18.2. The number of nitrogens with zero attached hydrogens (tertiary/aromatic N) is 4. The Balaban J connectivity index is 1.30. The van der Waals surface area contributed by atoms with Crippen LogP contribution in [0, 0.1) is 6.92 Å². The van der Waals surface area contributed by atoms with Gasteiger partial charge in [-0.05, 0) is 50.7 Å². The van der Waals surface area contributed by atoms with Crippen LogP contribution in [0.15, 0.2) is 53.1 Å². The molecule has 1 aliphatic heterocycles. The average molecular weight is 420 g/mol. The third-order valence-electron chi connectivity index (χ3n) is 5.58. The number of aromatic nitrogens is 2. The van der Waals surface area contributed by atoms with Crippen molar-refractivity contribution >= 4 is 11.7 Å². The Morgan fingerprint density at radius 2 is 1.94 bits per heavy atom. The van der Waals surface area contributed by atoms with Crippen LogP contribution in [0.5, 0.6) is 0 Å². The van der Waals surface area contributed by atoms with Gasteiger partial charge in [0.1, 0.15) is 11.6 Å². The van der Waals surface area contributed by atoms with Crippen molar-refractivity contribution in [1.82, 2.24) is 20.2 Å². The van der Waals surface area contributed by atoms with Crippen molar-refractivity contribution in [1.29, 1.82) is 0 Å². The van der Waals surface area contributed by atoms with E-state index in [1.165, 1.54) is 0 Å². The minimum Gasteiger partial charge on any atom is -0.441 e. The maximum absolute atomic E-state index is 12.4. The van der Waals surface area contributed by atoms with Crippen LogP contribution in [0.3, 0.4) is 0 Å². The molecule has 1 N–H and O–H groups in total. The summed E-state index contributed by atoms with van der Waals surface area (Å²) in [5.41, 5.74) is 2.54. The summed E-state index contributed by atoms with van der Waals surface area (Å²) in [6, 6.07) is 13.8. The topological polar surface area (TPSA) is 74.5 Å². The van der Waals surface area contributed by atoms with E-state index >= 15 is 0 Å². The van der Waals surface area contributed by atoms with Crippen molar-refractivity contribution in [2.45, 2.75) is 26.3 Å². The van der Waals surface area contributed by atoms with Gasteiger partial charge in [0.25, 0.3) is 0 Å². The van der Waals surface area contributed by atoms with Crippen LogP contribution in [0.1, 0.15) is 23.4 Å². The molecule has 3 heterocycles. The number of rotatable bonds is 6. The number of benzene rings is 1. The number of amides is 1. The standard InChI is InChI=1S/C24H29N5O2/c1-18-21(27-24(31-18)20-7-4-3-5-8-20)15-23(30)26-17-19-9-10-22(25-16-19)29-12-6-11-28(2)13-14-29/h3-5,7-10,16H,6,11-15,17H2,1-2H3,(H,26,30). The van der Waals surface area contributed by atoms with Gasteiger partial charge in [0, 0.05) is 37.9 Å². The Hall–Kier alpha value is -3.19. The highest BCUT2D eigenvalue weighted by molar-refractivity contribution is 5.78. The van der Waals surface area contributed by atoms with Gasteiger partial charge in [0.05, 0.1) is 12.1 Å². The summed E-state index contributed by atoms with van der Waals surface area (Å²) in [7, 11) is 2.16. The highest BCUT2D eigenvalue weighted by Gasteiger charge is 2.15. The molecule has 0 saturated carbocycles. The number of likely N-dealkylation sites (N-methyl/N-ethyl adjacent to an activating group) is 1. The van der Waals surface area contributed by atoms with E-state index < -0.39 is 0 Å². The second-order valence-corrected chi connectivity index (χ2v) is 8.01. The van der Waals surface area contributed by atoms with Crippen molar-refractivity contribution in [3.63, 3.8) is 0 Å². The number of hydrogen-bond donors (Lipinski definition) is 1. The summed E-state index contributed by atoms with van der Waals surface area (Å²) in [5, 5.41) is 2.96. The van der Waals surface area contributed by atoms with E-state index in [-0.39, 0.29) is 12.3 Å². The average Bonchev–Trinajstić information content (AvgIpc) is 3.01. The summed E-state index contributed by atoms with van der Waals surface area (Å²) >= 11 is 0. The number of hydrogen-bond acceptors (Lipinski definition) is 6. The molecule has 0 bridgehead atoms. The monoisotopic (exact) mass is 419 g/mol. The van der Waals surface area contributed by atoms with Crippen LogP contribution >= 0.6 is 0 Å². The third-order valence-corrected chi connectivity index (χ3v) is 5.58. The number of nitrogens with one attached hydrogen (secondary N) is 1. The summed E-state index contributed by atoms with van der Waals surface area (Å²) in [6.07, 6.45) is 3.18. The zero-order valence-corrected chi connectivity index (χ0v) is 18.2. The predicted molar refractivity (Wildman–Crippen MR) is 121 cm³/mol. The predicted octanol–water partition coefficient (Wildman–Crippen LogP) is 3.05. The summed E-state index contributed by atoms with van der Waals surface area (Å²) in [5.74, 6) is 2.12. The molecule has 162 valence electrons. The van der Waals surface area contributed by atoms with Crippen molar-refractivity contribution < 1.29 is 9.21 Å². The normalized spacial score (nSPS) is 15.0. The molecule has 0 atom stereocenters. The van der Waals surface area contributed by atoms with Gasteiger partial charge in [-0.2, -0.15) is 0 Å². The molecule has 3 aromatic rings. The quantitative estimate of drug-likeness (QED) is 0.662. The van der Waals surface area contributed by atoms with E-state index in [4.69, 9.17) is 4.42 Å². The second-order valence-electron chi connectivity index (χ2n) is 8.01. The zero-order chi connectivity index (χ0) is 21.6. The Bertz CT molecular complexity index is 1000. The number of carbonyl (C=O) groups is 1. The fraction of sp³-hybridized carbons (Fsp3) is 0.375. The van der Waals surface area contributed by atoms with E-state index in [1.54, 1.807) is 0 Å². The lowest BCUT2D eigenvalue weighted by Crippen LogP contribution is -2.29. The summed E-state index contributed by atoms with van der Waals surface area (Å²) in [4.78, 5) is 26.2. The lowest BCUT2D eigenvalue weighted by molar-refractivity contribution is -0.120. The molecule has 4 rings (SSSR count). The molecular weight excluding hydrogens is 390 g/mol. The molecule has 1 amide bonds. The molecule has 31 heavy (non-hydrogen) atoms. The fourth-order valence-electron chi connectivity index (χ4n) is 3.70. The van der Waals surface area contributed by atoms with Gasteiger partial charge >= 0.3 is 0 Å². The third kappa shape index (κ3) is 5.49. The lowest BCUT2D eigenvalue weighted by atomic mass is 10.2. The van der Waals surface area contributed by atoms with Crippen LogP contribution in [0.2, 0.25) is 0 Å². The van der Waals surface area contributed by atoms with Gasteiger partial charge in [-0.25, -0.2) is 9.97 Å². The van der Waals surface area contributed by atoms with Crippen molar-refractivity contribution in [3.8, 4) is 11.5 Å². The first-order chi connectivity index (χ1) is 15.1. The Labute approximate surface area is 183 Å². The van der Waals surface area contributed by atoms with Gasteiger partial charge in [0.2, 0.25) is 11.8 Å². The minimum absolute atomic E-state index is 0.0874. The van der Waals surface area contributed by atoms with Gasteiger partial charge in [-0.3, -0.25) is 4.79 Å². The van der Waals surface area contributed by atoms with Gasteiger partial charge < -0.3 is 19.5 Å². The molecule has 2 aromatic heterocycles. The molecule has 0 unspecified atom stereocenters. The van der Waals surface area contributed by atoms with Crippen LogP contribution in [-0.2, 0) is 17.8 Å². The first kappa shape index (κ1) is 21.1. The SMILES string of the molecule is Cc1oc(-c2ccccc2)nc1CC(=O)NCc1ccc(N2CCCN(C)CC2)nc1. The molecular formula is C24H29N5O2.